The summed E-state index contributed by atoms with van der Waals surface area (Å²) in [5, 5.41) is 11.5. The average molecular weight is 209 g/mol. The summed E-state index contributed by atoms with van der Waals surface area (Å²) in [6.45, 7) is 3.99. The summed E-state index contributed by atoms with van der Waals surface area (Å²) in [7, 11) is 0. The molecule has 5 nitrogen and oxygen atoms in total. The maximum atomic E-state index is 10.5. The van der Waals surface area contributed by atoms with Crippen LogP contribution in [0.4, 0.5) is 5.95 Å². The van der Waals surface area contributed by atoms with Crippen LogP contribution in [0.3, 0.4) is 0 Å². The molecule has 1 rings (SSSR count). The number of aliphatic carboxylic acids is 1. The van der Waals surface area contributed by atoms with Crippen LogP contribution in [0, 0.1) is 5.92 Å². The maximum Gasteiger partial charge on any atom is 0.308 e. The number of hydrogen-bond donors (Lipinski definition) is 2. The van der Waals surface area contributed by atoms with Gasteiger partial charge in [-0.25, -0.2) is 9.97 Å². The van der Waals surface area contributed by atoms with Crippen LogP contribution in [0.15, 0.2) is 12.4 Å². The second-order valence-electron chi connectivity index (χ2n) is 3.39. The van der Waals surface area contributed by atoms with Gasteiger partial charge in [0.15, 0.2) is 0 Å². The first-order valence-electron chi connectivity index (χ1n) is 4.91. The number of anilines is 1. The molecule has 2 N–H and O–H groups in total. The molecule has 5 heteroatoms. The number of carboxylic acid groups (broad SMARTS) is 1. The summed E-state index contributed by atoms with van der Waals surface area (Å²) in [6.07, 6.45) is 4.37. The monoisotopic (exact) mass is 209 g/mol. The topological polar surface area (TPSA) is 75.1 Å². The van der Waals surface area contributed by atoms with Crippen LogP contribution in [0.25, 0.3) is 0 Å². The number of nitrogens with zero attached hydrogens (tertiary/aromatic N) is 2. The van der Waals surface area contributed by atoms with Gasteiger partial charge in [-0.3, -0.25) is 4.79 Å². The van der Waals surface area contributed by atoms with Crippen LogP contribution in [-0.2, 0) is 11.2 Å². The molecule has 0 saturated heterocycles. The molecule has 1 aromatic heterocycles. The summed E-state index contributed by atoms with van der Waals surface area (Å²) in [4.78, 5) is 18.7. The van der Waals surface area contributed by atoms with E-state index in [0.717, 1.165) is 12.0 Å². The molecule has 15 heavy (non-hydrogen) atoms. The largest absolute Gasteiger partial charge is 0.481 e. The van der Waals surface area contributed by atoms with Gasteiger partial charge in [0.1, 0.15) is 0 Å². The highest BCUT2D eigenvalue weighted by atomic mass is 16.4. The molecule has 0 spiro atoms. The van der Waals surface area contributed by atoms with Gasteiger partial charge in [-0.1, -0.05) is 13.8 Å². The molecule has 0 aliphatic heterocycles. The van der Waals surface area contributed by atoms with Gasteiger partial charge in [0, 0.05) is 18.9 Å². The molecule has 0 aliphatic rings. The standard InChI is InChI=1S/C10H15N3O2/c1-3-8-5-12-10(13-6-8)11-4-7(2)9(14)15/h5-7H,3-4H2,1-2H3,(H,14,15)(H,11,12,13). The highest BCUT2D eigenvalue weighted by Gasteiger charge is 2.10. The average Bonchev–Trinajstić information content (AvgIpc) is 2.26. The Hall–Kier alpha value is -1.65. The van der Waals surface area contributed by atoms with Gasteiger partial charge in [-0.05, 0) is 12.0 Å². The van der Waals surface area contributed by atoms with Crippen molar-refractivity contribution in [1.82, 2.24) is 9.97 Å². The fourth-order valence-corrected chi connectivity index (χ4v) is 0.960. The van der Waals surface area contributed by atoms with Crippen LogP contribution in [0.1, 0.15) is 19.4 Å². The van der Waals surface area contributed by atoms with E-state index in [0.29, 0.717) is 12.5 Å². The molecule has 0 saturated carbocycles. The maximum absolute atomic E-state index is 10.5. The van der Waals surface area contributed by atoms with Crippen molar-refractivity contribution in [2.45, 2.75) is 20.3 Å². The minimum Gasteiger partial charge on any atom is -0.481 e. The molecule has 0 bridgehead atoms. The van der Waals surface area contributed by atoms with Gasteiger partial charge in [0.05, 0.1) is 5.92 Å². The fraction of sp³-hybridized carbons (Fsp3) is 0.500. The second kappa shape index (κ2) is 5.29. The highest BCUT2D eigenvalue weighted by molar-refractivity contribution is 5.70. The van der Waals surface area contributed by atoms with Crippen molar-refractivity contribution in [3.8, 4) is 0 Å². The number of hydrogen-bond acceptors (Lipinski definition) is 4. The van der Waals surface area contributed by atoms with Crippen LogP contribution < -0.4 is 5.32 Å². The van der Waals surface area contributed by atoms with Gasteiger partial charge in [-0.2, -0.15) is 0 Å². The van der Waals surface area contributed by atoms with Crippen LogP contribution in [0.5, 0.6) is 0 Å². The summed E-state index contributed by atoms with van der Waals surface area (Å²) in [5.41, 5.74) is 1.06. The Bertz CT molecular complexity index is 324. The Morgan fingerprint density at radius 2 is 2.13 bits per heavy atom. The zero-order valence-electron chi connectivity index (χ0n) is 8.90. The quantitative estimate of drug-likeness (QED) is 0.761. The van der Waals surface area contributed by atoms with E-state index in [1.165, 1.54) is 0 Å². The van der Waals surface area contributed by atoms with Crippen LogP contribution >= 0.6 is 0 Å². The van der Waals surface area contributed by atoms with Crippen molar-refractivity contribution >= 4 is 11.9 Å². The fourth-order valence-electron chi connectivity index (χ4n) is 0.960. The summed E-state index contributed by atoms with van der Waals surface area (Å²) in [5.74, 6) is -0.799. The van der Waals surface area contributed by atoms with Crippen molar-refractivity contribution in [3.63, 3.8) is 0 Å². The lowest BCUT2D eigenvalue weighted by molar-refractivity contribution is -0.140. The van der Waals surface area contributed by atoms with E-state index < -0.39 is 11.9 Å². The molecular formula is C10H15N3O2. The molecule has 0 aromatic carbocycles. The normalized spacial score (nSPS) is 12.1. The summed E-state index contributed by atoms with van der Waals surface area (Å²) >= 11 is 0. The number of aromatic nitrogens is 2. The smallest absolute Gasteiger partial charge is 0.308 e. The van der Waals surface area contributed by atoms with Gasteiger partial charge in [0.2, 0.25) is 5.95 Å². The Balaban J connectivity index is 2.47. The van der Waals surface area contributed by atoms with E-state index in [1.54, 1.807) is 19.3 Å². The first-order chi connectivity index (χ1) is 7.13. The zero-order chi connectivity index (χ0) is 11.3. The number of aryl methyl sites for hydroxylation is 1. The SMILES string of the molecule is CCc1cnc(NCC(C)C(=O)O)nc1. The zero-order valence-corrected chi connectivity index (χ0v) is 8.90. The van der Waals surface area contributed by atoms with E-state index in [1.807, 2.05) is 6.92 Å². The Morgan fingerprint density at radius 1 is 1.53 bits per heavy atom. The third-order valence-corrected chi connectivity index (χ3v) is 2.10. The van der Waals surface area contributed by atoms with Gasteiger partial charge in [-0.15, -0.1) is 0 Å². The van der Waals surface area contributed by atoms with E-state index in [-0.39, 0.29) is 0 Å². The van der Waals surface area contributed by atoms with Crippen molar-refractivity contribution in [2.24, 2.45) is 5.92 Å². The van der Waals surface area contributed by atoms with Gasteiger partial charge < -0.3 is 10.4 Å². The third-order valence-electron chi connectivity index (χ3n) is 2.10. The van der Waals surface area contributed by atoms with Crippen LogP contribution in [-0.4, -0.2) is 27.6 Å². The molecule has 0 radical (unpaired) electrons. The Morgan fingerprint density at radius 3 is 2.60 bits per heavy atom. The van der Waals surface area contributed by atoms with Crippen molar-refractivity contribution in [1.29, 1.82) is 0 Å². The van der Waals surface area contributed by atoms with Crippen molar-refractivity contribution < 1.29 is 9.90 Å². The lowest BCUT2D eigenvalue weighted by Gasteiger charge is -2.07. The number of carboxylic acids is 1. The Labute approximate surface area is 88.6 Å². The van der Waals surface area contributed by atoms with Gasteiger partial charge in [0.25, 0.3) is 0 Å². The first-order valence-corrected chi connectivity index (χ1v) is 4.91. The number of nitrogens with one attached hydrogen (secondary N) is 1. The third kappa shape index (κ3) is 3.53. The summed E-state index contributed by atoms with van der Waals surface area (Å²) in [6, 6.07) is 0. The number of carbonyl (C=O) groups is 1. The molecule has 82 valence electrons. The molecule has 0 fully saturated rings. The minimum atomic E-state index is -0.826. The minimum absolute atomic E-state index is 0.334. The van der Waals surface area contributed by atoms with E-state index in [2.05, 4.69) is 15.3 Å². The van der Waals surface area contributed by atoms with E-state index in [9.17, 15) is 4.79 Å². The highest BCUT2D eigenvalue weighted by Crippen LogP contribution is 2.02. The molecule has 0 amide bonds. The van der Waals surface area contributed by atoms with Gasteiger partial charge >= 0.3 is 5.97 Å². The lowest BCUT2D eigenvalue weighted by Crippen LogP contribution is -2.20. The molecule has 1 atom stereocenters. The van der Waals surface area contributed by atoms with Crippen molar-refractivity contribution in [2.75, 3.05) is 11.9 Å². The van der Waals surface area contributed by atoms with E-state index in [4.69, 9.17) is 5.11 Å². The predicted molar refractivity (Wildman–Crippen MR) is 56.7 cm³/mol. The second-order valence-corrected chi connectivity index (χ2v) is 3.39. The number of rotatable bonds is 5. The van der Waals surface area contributed by atoms with E-state index >= 15 is 0 Å². The summed E-state index contributed by atoms with van der Waals surface area (Å²) < 4.78 is 0. The van der Waals surface area contributed by atoms with Crippen molar-refractivity contribution in [3.05, 3.63) is 18.0 Å². The predicted octanol–water partition coefficient (Wildman–Crippen LogP) is 1.17. The molecule has 1 unspecified atom stereocenters. The molecule has 0 aliphatic carbocycles. The molecular weight excluding hydrogens is 194 g/mol. The lowest BCUT2D eigenvalue weighted by atomic mass is 10.2. The van der Waals surface area contributed by atoms with Crippen LogP contribution in [0.2, 0.25) is 0 Å². The first kappa shape index (κ1) is 11.4. The Kier molecular flexibility index (Phi) is 4.03. The molecule has 1 heterocycles. The molecule has 1 aromatic rings.